The Morgan fingerprint density at radius 1 is 1.15 bits per heavy atom. The van der Waals surface area contributed by atoms with E-state index in [0.717, 1.165) is 10.9 Å². The van der Waals surface area contributed by atoms with Gasteiger partial charge in [-0.1, -0.05) is 19.6 Å². The van der Waals surface area contributed by atoms with Crippen LogP contribution in [0, 0.1) is 11.3 Å². The number of aromatic nitrogens is 1. The highest BCUT2D eigenvalue weighted by Gasteiger charge is 2.23. The molecule has 3 aromatic rings. The van der Waals surface area contributed by atoms with Crippen molar-refractivity contribution in [3.05, 3.63) is 41.4 Å². The highest BCUT2D eigenvalue weighted by Crippen LogP contribution is 2.31. The van der Waals surface area contributed by atoms with Crippen molar-refractivity contribution in [2.45, 2.75) is 19.6 Å². The van der Waals surface area contributed by atoms with Crippen LogP contribution in [0.25, 0.3) is 22.0 Å². The monoisotopic (exact) mass is 296 g/mol. The Balaban J connectivity index is 2.26. The van der Waals surface area contributed by atoms with E-state index < -0.39 is 8.07 Å². The minimum Gasteiger partial charge on any atom is -0.361 e. The number of hydrogen-bond donors (Lipinski definition) is 1. The number of fused-ring (bicyclic) bond motifs is 1. The van der Waals surface area contributed by atoms with Gasteiger partial charge in [-0.05, 0) is 39.7 Å². The molecule has 0 unspecified atom stereocenters. The van der Waals surface area contributed by atoms with Crippen LogP contribution in [0.3, 0.4) is 0 Å². The van der Waals surface area contributed by atoms with Gasteiger partial charge in [0.2, 0.25) is 0 Å². The van der Waals surface area contributed by atoms with Gasteiger partial charge in [0.25, 0.3) is 0 Å². The average molecular weight is 296 g/mol. The zero-order chi connectivity index (χ0) is 14.3. The SMILES string of the molecule is C[Si](C)(C)c1sccc1-c1c[nH]c2ccc(C#N)cc12. The summed E-state index contributed by atoms with van der Waals surface area (Å²) in [7, 11) is -1.35. The Hall–Kier alpha value is -1.83. The lowest BCUT2D eigenvalue weighted by Crippen LogP contribution is -2.36. The lowest BCUT2D eigenvalue weighted by Gasteiger charge is -2.16. The maximum Gasteiger partial charge on any atom is 0.0991 e. The number of nitriles is 1. The van der Waals surface area contributed by atoms with Gasteiger partial charge in [-0.25, -0.2) is 0 Å². The first-order chi connectivity index (χ1) is 9.50. The lowest BCUT2D eigenvalue weighted by molar-refractivity contribution is 1.47. The molecule has 2 nitrogen and oxygen atoms in total. The van der Waals surface area contributed by atoms with E-state index in [0.29, 0.717) is 5.56 Å². The molecule has 20 heavy (non-hydrogen) atoms. The second-order valence-electron chi connectivity index (χ2n) is 5.99. The Morgan fingerprint density at radius 2 is 1.95 bits per heavy atom. The third-order valence-electron chi connectivity index (χ3n) is 3.45. The molecule has 0 atom stereocenters. The van der Waals surface area contributed by atoms with Gasteiger partial charge in [-0.2, -0.15) is 16.6 Å². The van der Waals surface area contributed by atoms with Crippen LogP contribution in [0.5, 0.6) is 0 Å². The third-order valence-corrected chi connectivity index (χ3v) is 8.00. The molecule has 0 amide bonds. The van der Waals surface area contributed by atoms with Gasteiger partial charge >= 0.3 is 0 Å². The minimum absolute atomic E-state index is 0.711. The van der Waals surface area contributed by atoms with Crippen LogP contribution in [-0.4, -0.2) is 13.1 Å². The standard InChI is InChI=1S/C16H16N2SSi/c1-20(2,3)16-12(6-7-19-16)14-10-18-15-5-4-11(9-17)8-13(14)15/h4-8,10,18H,1-3H3. The molecule has 0 saturated carbocycles. The van der Waals surface area contributed by atoms with E-state index in [1.807, 2.05) is 29.5 Å². The largest absolute Gasteiger partial charge is 0.361 e. The second kappa shape index (κ2) is 4.62. The van der Waals surface area contributed by atoms with Gasteiger partial charge in [-0.15, -0.1) is 0 Å². The maximum atomic E-state index is 9.09. The summed E-state index contributed by atoms with van der Waals surface area (Å²) >= 11 is 1.86. The van der Waals surface area contributed by atoms with Gasteiger partial charge < -0.3 is 4.98 Å². The molecule has 4 heteroatoms. The zero-order valence-corrected chi connectivity index (χ0v) is 13.6. The van der Waals surface area contributed by atoms with Crippen molar-refractivity contribution in [2.24, 2.45) is 0 Å². The second-order valence-corrected chi connectivity index (χ2v) is 12.3. The van der Waals surface area contributed by atoms with Crippen molar-refractivity contribution in [2.75, 3.05) is 0 Å². The van der Waals surface area contributed by atoms with Gasteiger partial charge in [0.15, 0.2) is 0 Å². The first kappa shape index (κ1) is 13.2. The van der Waals surface area contributed by atoms with Crippen molar-refractivity contribution in [3.63, 3.8) is 0 Å². The van der Waals surface area contributed by atoms with E-state index in [9.17, 15) is 0 Å². The van der Waals surface area contributed by atoms with E-state index in [2.05, 4.69) is 48.3 Å². The molecule has 0 saturated heterocycles. The van der Waals surface area contributed by atoms with Crippen LogP contribution in [0.2, 0.25) is 19.6 Å². The summed E-state index contributed by atoms with van der Waals surface area (Å²) in [6.45, 7) is 7.12. The van der Waals surface area contributed by atoms with E-state index in [1.54, 1.807) is 0 Å². The van der Waals surface area contributed by atoms with E-state index in [1.165, 1.54) is 15.6 Å². The molecule has 2 heterocycles. The van der Waals surface area contributed by atoms with Gasteiger partial charge in [0, 0.05) is 22.7 Å². The fourth-order valence-corrected chi connectivity index (χ4v) is 5.80. The smallest absolute Gasteiger partial charge is 0.0991 e. The lowest BCUT2D eigenvalue weighted by atomic mass is 10.1. The molecule has 0 spiro atoms. The first-order valence-corrected chi connectivity index (χ1v) is 11.0. The van der Waals surface area contributed by atoms with Crippen LogP contribution < -0.4 is 4.50 Å². The average Bonchev–Trinajstić information content (AvgIpc) is 3.02. The summed E-state index contributed by atoms with van der Waals surface area (Å²) in [5.74, 6) is 0. The van der Waals surface area contributed by atoms with Crippen molar-refractivity contribution in [3.8, 4) is 17.2 Å². The molecule has 2 aromatic heterocycles. The van der Waals surface area contributed by atoms with Crippen LogP contribution >= 0.6 is 11.3 Å². The molecule has 100 valence electrons. The van der Waals surface area contributed by atoms with Gasteiger partial charge in [0.1, 0.15) is 0 Å². The Labute approximate surface area is 123 Å². The van der Waals surface area contributed by atoms with E-state index in [4.69, 9.17) is 5.26 Å². The third kappa shape index (κ3) is 2.09. The highest BCUT2D eigenvalue weighted by atomic mass is 32.1. The molecule has 1 aromatic carbocycles. The predicted octanol–water partition coefficient (Wildman–Crippen LogP) is 4.31. The normalized spacial score (nSPS) is 11.7. The molecule has 0 aliphatic carbocycles. The van der Waals surface area contributed by atoms with E-state index in [-0.39, 0.29) is 0 Å². The van der Waals surface area contributed by atoms with Gasteiger partial charge in [-0.3, -0.25) is 0 Å². The summed E-state index contributed by atoms with van der Waals surface area (Å²) in [4.78, 5) is 3.32. The van der Waals surface area contributed by atoms with Crippen molar-refractivity contribution < 1.29 is 0 Å². The molecule has 0 aliphatic rings. The van der Waals surface area contributed by atoms with Gasteiger partial charge in [0.05, 0.1) is 19.7 Å². The molecular weight excluding hydrogens is 280 g/mol. The quantitative estimate of drug-likeness (QED) is 0.703. The van der Waals surface area contributed by atoms with Crippen LogP contribution in [0.4, 0.5) is 0 Å². The number of aromatic amines is 1. The summed E-state index contributed by atoms with van der Waals surface area (Å²) in [5, 5.41) is 12.4. The molecule has 0 bridgehead atoms. The summed E-state index contributed by atoms with van der Waals surface area (Å²) in [6, 6.07) is 10.3. The zero-order valence-electron chi connectivity index (χ0n) is 11.8. The van der Waals surface area contributed by atoms with Crippen molar-refractivity contribution in [1.29, 1.82) is 5.26 Å². The number of hydrogen-bond acceptors (Lipinski definition) is 2. The molecule has 0 fully saturated rings. The Kier molecular flexibility index (Phi) is 3.04. The Bertz CT molecular complexity index is 815. The van der Waals surface area contributed by atoms with Crippen molar-refractivity contribution >= 4 is 34.8 Å². The number of nitrogens with zero attached hydrogens (tertiary/aromatic N) is 1. The predicted molar refractivity (Wildman–Crippen MR) is 89.3 cm³/mol. The molecule has 0 radical (unpaired) electrons. The number of thiophene rings is 1. The molecular formula is C16H16N2SSi. The molecule has 3 rings (SSSR count). The summed E-state index contributed by atoms with van der Waals surface area (Å²) < 4.78 is 1.51. The summed E-state index contributed by atoms with van der Waals surface area (Å²) in [6.07, 6.45) is 2.07. The number of nitrogens with one attached hydrogen (secondary N) is 1. The first-order valence-electron chi connectivity index (χ1n) is 6.60. The molecule has 1 N–H and O–H groups in total. The molecule has 0 aliphatic heterocycles. The Morgan fingerprint density at radius 3 is 2.65 bits per heavy atom. The number of rotatable bonds is 2. The van der Waals surface area contributed by atoms with Crippen LogP contribution in [0.1, 0.15) is 5.56 Å². The highest BCUT2D eigenvalue weighted by molar-refractivity contribution is 7.26. The maximum absolute atomic E-state index is 9.09. The van der Waals surface area contributed by atoms with Crippen LogP contribution in [-0.2, 0) is 0 Å². The summed E-state index contributed by atoms with van der Waals surface area (Å²) in [5.41, 5.74) is 4.35. The number of benzene rings is 1. The van der Waals surface area contributed by atoms with E-state index >= 15 is 0 Å². The topological polar surface area (TPSA) is 39.6 Å². The van der Waals surface area contributed by atoms with Crippen molar-refractivity contribution in [1.82, 2.24) is 4.98 Å². The number of H-pyrrole nitrogens is 1. The minimum atomic E-state index is -1.35. The van der Waals surface area contributed by atoms with Crippen LogP contribution in [0.15, 0.2) is 35.8 Å². The fourth-order valence-electron chi connectivity index (χ4n) is 2.52. The fraction of sp³-hybridized carbons (Fsp3) is 0.188.